The molecule has 2 aliphatic rings. The summed E-state index contributed by atoms with van der Waals surface area (Å²) in [5.41, 5.74) is 2.39. The van der Waals surface area contributed by atoms with E-state index < -0.39 is 5.60 Å². The third kappa shape index (κ3) is 3.93. The van der Waals surface area contributed by atoms with Gasteiger partial charge in [-0.3, -0.25) is 4.98 Å². The van der Waals surface area contributed by atoms with E-state index in [1.807, 2.05) is 72.8 Å². The second kappa shape index (κ2) is 8.09. The van der Waals surface area contributed by atoms with Gasteiger partial charge in [0.05, 0.1) is 11.4 Å². The quantitative estimate of drug-likeness (QED) is 0.676. The molecule has 5 rings (SSSR count). The summed E-state index contributed by atoms with van der Waals surface area (Å²) in [4.78, 5) is 8.39. The number of fused-ring (bicyclic) bond motifs is 1. The molecule has 1 aliphatic heterocycles. The Kier molecular flexibility index (Phi) is 5.18. The van der Waals surface area contributed by atoms with E-state index in [-0.39, 0.29) is 5.76 Å². The summed E-state index contributed by atoms with van der Waals surface area (Å²) in [6, 6.07) is 24.7. The fourth-order valence-electron chi connectivity index (χ4n) is 3.20. The number of allylic oxidation sites excluding steroid dienone is 2. The van der Waals surface area contributed by atoms with Crippen molar-refractivity contribution in [2.75, 3.05) is 0 Å². The Hall–Kier alpha value is -3.76. The van der Waals surface area contributed by atoms with E-state index in [4.69, 9.17) is 0 Å². The van der Waals surface area contributed by atoms with Gasteiger partial charge in [-0.05, 0) is 35.9 Å². The number of aliphatic hydroxyl groups excluding tert-OH is 1. The van der Waals surface area contributed by atoms with Gasteiger partial charge < -0.3 is 10.2 Å². The number of aromatic nitrogens is 1. The molecule has 0 saturated heterocycles. The lowest BCUT2D eigenvalue weighted by Gasteiger charge is -2.28. The Morgan fingerprint density at radius 2 is 1.34 bits per heavy atom. The van der Waals surface area contributed by atoms with Crippen LogP contribution in [0.4, 0.5) is 0 Å². The third-order valence-corrected chi connectivity index (χ3v) is 4.71. The van der Waals surface area contributed by atoms with Crippen molar-refractivity contribution in [2.45, 2.75) is 5.60 Å². The van der Waals surface area contributed by atoms with Crippen molar-refractivity contribution in [1.29, 1.82) is 0 Å². The minimum Gasteiger partial charge on any atom is -0.508 e. The van der Waals surface area contributed by atoms with Crippen molar-refractivity contribution in [3.05, 3.63) is 138 Å². The third-order valence-electron chi connectivity index (χ3n) is 4.71. The highest BCUT2D eigenvalue weighted by atomic mass is 16.3. The molecule has 2 N–H and O–H groups in total. The summed E-state index contributed by atoms with van der Waals surface area (Å²) >= 11 is 0. The first-order valence-corrected chi connectivity index (χ1v) is 9.30. The van der Waals surface area contributed by atoms with Crippen molar-refractivity contribution in [1.82, 2.24) is 4.98 Å². The summed E-state index contributed by atoms with van der Waals surface area (Å²) in [5, 5.41) is 21.3. The maximum Gasteiger partial charge on any atom is 0.167 e. The van der Waals surface area contributed by atoms with Crippen molar-refractivity contribution >= 4 is 5.71 Å². The molecule has 0 fully saturated rings. The standard InChI is InChI=1S/C20H15NO2.C5H5N/c22-19-12-15-11-17(14-7-3-1-4-8-14)21-18(15)13-20(19,23)16-9-5-2-6-10-16;1-2-4-6-5-3-1/h1-13,22-23H;1-5H. The second-order valence-corrected chi connectivity index (χ2v) is 6.68. The number of rotatable bonds is 2. The lowest BCUT2D eigenvalue weighted by Crippen LogP contribution is -2.28. The van der Waals surface area contributed by atoms with Crippen LogP contribution in [-0.2, 0) is 5.60 Å². The normalized spacial score (nSPS) is 19.6. The zero-order chi connectivity index (χ0) is 20.1. The molecule has 1 aromatic heterocycles. The van der Waals surface area contributed by atoms with Crippen LogP contribution >= 0.6 is 0 Å². The molecule has 29 heavy (non-hydrogen) atoms. The van der Waals surface area contributed by atoms with E-state index in [9.17, 15) is 10.2 Å². The number of benzene rings is 2. The first-order chi connectivity index (χ1) is 14.2. The van der Waals surface area contributed by atoms with Crippen molar-refractivity contribution in [3.8, 4) is 0 Å². The van der Waals surface area contributed by atoms with Crippen molar-refractivity contribution in [3.63, 3.8) is 0 Å². The van der Waals surface area contributed by atoms with Crippen LogP contribution in [0.3, 0.4) is 0 Å². The van der Waals surface area contributed by atoms with Gasteiger partial charge in [0, 0.05) is 23.5 Å². The number of hydrogen-bond acceptors (Lipinski definition) is 4. The molecule has 4 nitrogen and oxygen atoms in total. The van der Waals surface area contributed by atoms with Crippen LogP contribution in [0, 0.1) is 0 Å². The van der Waals surface area contributed by atoms with Crippen molar-refractivity contribution in [2.24, 2.45) is 4.99 Å². The number of aliphatic imine (C=N–C) groups is 1. The molecule has 142 valence electrons. The lowest BCUT2D eigenvalue weighted by molar-refractivity contribution is 0.0765. The van der Waals surface area contributed by atoms with Crippen LogP contribution in [0.5, 0.6) is 0 Å². The highest BCUT2D eigenvalue weighted by molar-refractivity contribution is 6.12. The van der Waals surface area contributed by atoms with Crippen molar-refractivity contribution < 1.29 is 10.2 Å². The number of pyridine rings is 1. The SMILES string of the molecule is OC1=CC2=CC(c3ccccc3)=NC2=CC1(O)c1ccccc1.c1ccncc1. The molecular weight excluding hydrogens is 360 g/mol. The summed E-state index contributed by atoms with van der Waals surface area (Å²) in [6.45, 7) is 0. The Labute approximate surface area is 169 Å². The Morgan fingerprint density at radius 3 is 1.93 bits per heavy atom. The average molecular weight is 380 g/mol. The molecule has 3 aromatic rings. The minimum atomic E-state index is -1.54. The van der Waals surface area contributed by atoms with Crippen LogP contribution in [0.2, 0.25) is 0 Å². The summed E-state index contributed by atoms with van der Waals surface area (Å²) in [7, 11) is 0. The van der Waals surface area contributed by atoms with E-state index in [2.05, 4.69) is 9.98 Å². The fourth-order valence-corrected chi connectivity index (χ4v) is 3.20. The number of hydrogen-bond donors (Lipinski definition) is 2. The minimum absolute atomic E-state index is 0.0942. The molecule has 1 atom stereocenters. The summed E-state index contributed by atoms with van der Waals surface area (Å²) in [5.74, 6) is -0.0942. The van der Waals surface area contributed by atoms with Crippen LogP contribution in [0.1, 0.15) is 11.1 Å². The van der Waals surface area contributed by atoms with Gasteiger partial charge in [-0.1, -0.05) is 66.7 Å². The van der Waals surface area contributed by atoms with Crippen LogP contribution in [0.25, 0.3) is 0 Å². The van der Waals surface area contributed by atoms with Gasteiger partial charge in [0.15, 0.2) is 5.60 Å². The molecule has 4 heteroatoms. The maximum absolute atomic E-state index is 10.9. The van der Waals surface area contributed by atoms with E-state index in [1.54, 1.807) is 36.7 Å². The van der Waals surface area contributed by atoms with E-state index in [0.717, 1.165) is 16.8 Å². The average Bonchev–Trinajstić information content (AvgIpc) is 3.19. The molecule has 1 aliphatic carbocycles. The largest absolute Gasteiger partial charge is 0.508 e. The lowest BCUT2D eigenvalue weighted by atomic mass is 9.85. The predicted octanol–water partition coefficient (Wildman–Crippen LogP) is 4.72. The van der Waals surface area contributed by atoms with Gasteiger partial charge in [-0.25, -0.2) is 4.99 Å². The van der Waals surface area contributed by atoms with Crippen LogP contribution < -0.4 is 0 Å². The molecule has 0 spiro atoms. The molecule has 0 amide bonds. The topological polar surface area (TPSA) is 65.7 Å². The smallest absolute Gasteiger partial charge is 0.167 e. The highest BCUT2D eigenvalue weighted by Crippen LogP contribution is 2.39. The number of aliphatic hydroxyl groups is 2. The molecule has 0 radical (unpaired) electrons. The van der Waals surface area contributed by atoms with Crippen LogP contribution in [-0.4, -0.2) is 20.9 Å². The highest BCUT2D eigenvalue weighted by Gasteiger charge is 2.37. The molecule has 0 saturated carbocycles. The van der Waals surface area contributed by atoms with Gasteiger partial charge in [0.25, 0.3) is 0 Å². The Morgan fingerprint density at radius 1 is 0.724 bits per heavy atom. The monoisotopic (exact) mass is 380 g/mol. The predicted molar refractivity (Wildman–Crippen MR) is 114 cm³/mol. The van der Waals surface area contributed by atoms with E-state index in [0.29, 0.717) is 11.3 Å². The van der Waals surface area contributed by atoms with Gasteiger partial charge >= 0.3 is 0 Å². The van der Waals surface area contributed by atoms with Gasteiger partial charge in [-0.2, -0.15) is 0 Å². The van der Waals surface area contributed by atoms with Gasteiger partial charge in [0.1, 0.15) is 5.76 Å². The van der Waals surface area contributed by atoms with Gasteiger partial charge in [-0.15, -0.1) is 0 Å². The summed E-state index contributed by atoms with van der Waals surface area (Å²) < 4.78 is 0. The molecule has 1 unspecified atom stereocenters. The molecular formula is C25H20N2O2. The van der Waals surface area contributed by atoms with Gasteiger partial charge in [0.2, 0.25) is 0 Å². The molecule has 0 bridgehead atoms. The first-order valence-electron chi connectivity index (χ1n) is 9.30. The first kappa shape index (κ1) is 18.6. The zero-order valence-electron chi connectivity index (χ0n) is 15.7. The van der Waals surface area contributed by atoms with Crippen LogP contribution in [0.15, 0.2) is 132 Å². The Balaban J connectivity index is 0.000000294. The fraction of sp³-hybridized carbons (Fsp3) is 0.0400. The summed E-state index contributed by atoms with van der Waals surface area (Å²) in [6.07, 6.45) is 8.61. The maximum atomic E-state index is 10.9. The second-order valence-electron chi connectivity index (χ2n) is 6.68. The van der Waals surface area contributed by atoms with E-state index in [1.165, 1.54) is 0 Å². The molecule has 2 aromatic carbocycles. The molecule has 2 heterocycles. The van der Waals surface area contributed by atoms with E-state index >= 15 is 0 Å². The Bertz CT molecular complexity index is 1070. The number of nitrogens with zero attached hydrogens (tertiary/aromatic N) is 2. The zero-order valence-corrected chi connectivity index (χ0v) is 15.7.